The van der Waals surface area contributed by atoms with Crippen LogP contribution in [-0.4, -0.2) is 36.3 Å². The lowest BCUT2D eigenvalue weighted by molar-refractivity contribution is -0.122. The fraction of sp³-hybridized carbons (Fsp3) is 0.182. The third-order valence-electron chi connectivity index (χ3n) is 4.61. The second-order valence-corrected chi connectivity index (χ2v) is 6.66. The Balaban J connectivity index is 1.59. The smallest absolute Gasteiger partial charge is 0.241 e. The molecular formula is C22H22FN3O2. The number of nitrogens with one attached hydrogen (secondary N) is 2. The molecule has 0 bridgehead atoms. The van der Waals surface area contributed by atoms with Gasteiger partial charge in [-0.2, -0.15) is 0 Å². The van der Waals surface area contributed by atoms with Gasteiger partial charge in [-0.25, -0.2) is 4.39 Å². The van der Waals surface area contributed by atoms with Gasteiger partial charge in [0.05, 0.1) is 12.6 Å². The summed E-state index contributed by atoms with van der Waals surface area (Å²) in [6, 6.07) is 18.5. The van der Waals surface area contributed by atoms with Crippen LogP contribution in [0, 0.1) is 5.82 Å². The normalized spacial score (nSPS) is 12.0. The van der Waals surface area contributed by atoms with Crippen molar-refractivity contribution in [1.82, 2.24) is 4.90 Å². The summed E-state index contributed by atoms with van der Waals surface area (Å²) < 4.78 is 13.0. The molecule has 5 nitrogen and oxygen atoms in total. The zero-order valence-corrected chi connectivity index (χ0v) is 15.8. The number of fused-ring (bicyclic) bond motifs is 1. The van der Waals surface area contributed by atoms with Gasteiger partial charge in [-0.1, -0.05) is 36.4 Å². The van der Waals surface area contributed by atoms with Crippen molar-refractivity contribution in [3.05, 3.63) is 72.5 Å². The first-order valence-corrected chi connectivity index (χ1v) is 8.98. The van der Waals surface area contributed by atoms with Crippen molar-refractivity contribution in [2.75, 3.05) is 24.2 Å². The molecule has 2 N–H and O–H groups in total. The molecule has 0 fully saturated rings. The molecule has 0 spiro atoms. The highest BCUT2D eigenvalue weighted by molar-refractivity contribution is 6.03. The van der Waals surface area contributed by atoms with Gasteiger partial charge in [-0.05, 0) is 49.7 Å². The quantitative estimate of drug-likeness (QED) is 0.683. The summed E-state index contributed by atoms with van der Waals surface area (Å²) in [5.74, 6) is -0.847. The minimum Gasteiger partial charge on any atom is -0.325 e. The summed E-state index contributed by atoms with van der Waals surface area (Å²) in [5.41, 5.74) is 1.24. The van der Waals surface area contributed by atoms with Gasteiger partial charge in [0, 0.05) is 16.8 Å². The van der Waals surface area contributed by atoms with Gasteiger partial charge in [-0.15, -0.1) is 0 Å². The first-order chi connectivity index (χ1) is 13.4. The van der Waals surface area contributed by atoms with Gasteiger partial charge in [0.25, 0.3) is 0 Å². The maximum atomic E-state index is 13.0. The number of hydrogen-bond donors (Lipinski definition) is 2. The highest BCUT2D eigenvalue weighted by Crippen LogP contribution is 2.22. The van der Waals surface area contributed by atoms with E-state index in [0.717, 1.165) is 16.5 Å². The second-order valence-electron chi connectivity index (χ2n) is 6.66. The van der Waals surface area contributed by atoms with Crippen LogP contribution in [-0.2, 0) is 9.59 Å². The molecule has 0 saturated heterocycles. The van der Waals surface area contributed by atoms with E-state index in [2.05, 4.69) is 10.6 Å². The standard InChI is InChI=1S/C22H22FN3O2/c1-15(22(28)24-18-12-10-17(23)11-13-18)26(2)14-21(27)25-20-9-5-7-16-6-3-4-8-19(16)20/h3-13,15H,14H2,1-2H3,(H,24,28)(H,25,27)/t15-/m0/s1. The molecule has 6 heteroatoms. The van der Waals surface area contributed by atoms with Gasteiger partial charge in [0.1, 0.15) is 5.82 Å². The number of carbonyl (C=O) groups is 2. The van der Waals surface area contributed by atoms with Gasteiger partial charge in [-0.3, -0.25) is 14.5 Å². The molecule has 0 heterocycles. The predicted molar refractivity (Wildman–Crippen MR) is 110 cm³/mol. The fourth-order valence-electron chi connectivity index (χ4n) is 2.87. The van der Waals surface area contributed by atoms with Crippen LogP contribution >= 0.6 is 0 Å². The molecular weight excluding hydrogens is 357 g/mol. The lowest BCUT2D eigenvalue weighted by Crippen LogP contribution is -2.43. The monoisotopic (exact) mass is 379 g/mol. The Labute approximate surface area is 163 Å². The van der Waals surface area contributed by atoms with E-state index >= 15 is 0 Å². The van der Waals surface area contributed by atoms with Crippen molar-refractivity contribution in [2.24, 2.45) is 0 Å². The van der Waals surface area contributed by atoms with E-state index in [1.54, 1.807) is 18.9 Å². The van der Waals surface area contributed by atoms with E-state index in [-0.39, 0.29) is 24.2 Å². The minimum absolute atomic E-state index is 0.0568. The summed E-state index contributed by atoms with van der Waals surface area (Å²) in [4.78, 5) is 26.5. The highest BCUT2D eigenvalue weighted by Gasteiger charge is 2.20. The SMILES string of the molecule is C[C@@H](C(=O)Nc1ccc(F)cc1)N(C)CC(=O)Nc1cccc2ccccc12. The molecule has 0 radical (unpaired) electrons. The molecule has 1 atom stereocenters. The minimum atomic E-state index is -0.539. The Morgan fingerprint density at radius 1 is 0.964 bits per heavy atom. The van der Waals surface area contributed by atoms with Crippen molar-refractivity contribution in [3.63, 3.8) is 0 Å². The number of nitrogens with zero attached hydrogens (tertiary/aromatic N) is 1. The predicted octanol–water partition coefficient (Wildman–Crippen LogP) is 3.88. The van der Waals surface area contributed by atoms with Crippen LogP contribution in [0.25, 0.3) is 10.8 Å². The Morgan fingerprint density at radius 2 is 1.64 bits per heavy atom. The zero-order chi connectivity index (χ0) is 20.1. The number of hydrogen-bond acceptors (Lipinski definition) is 3. The number of rotatable bonds is 6. The average molecular weight is 379 g/mol. The lowest BCUT2D eigenvalue weighted by Gasteiger charge is -2.23. The highest BCUT2D eigenvalue weighted by atomic mass is 19.1. The Hall–Kier alpha value is -3.25. The van der Waals surface area contributed by atoms with Crippen molar-refractivity contribution in [3.8, 4) is 0 Å². The van der Waals surface area contributed by atoms with E-state index in [4.69, 9.17) is 0 Å². The molecule has 28 heavy (non-hydrogen) atoms. The van der Waals surface area contributed by atoms with Crippen molar-refractivity contribution >= 4 is 34.0 Å². The van der Waals surface area contributed by atoms with Crippen LogP contribution in [0.1, 0.15) is 6.92 Å². The lowest BCUT2D eigenvalue weighted by atomic mass is 10.1. The first-order valence-electron chi connectivity index (χ1n) is 8.98. The van der Waals surface area contributed by atoms with Gasteiger partial charge < -0.3 is 10.6 Å². The summed E-state index contributed by atoms with van der Waals surface area (Å²) in [5, 5.41) is 7.63. The Bertz CT molecular complexity index is 983. The fourth-order valence-corrected chi connectivity index (χ4v) is 2.87. The van der Waals surface area contributed by atoms with Gasteiger partial charge in [0.15, 0.2) is 0 Å². The molecule has 3 aromatic rings. The number of anilines is 2. The van der Waals surface area contributed by atoms with E-state index in [1.807, 2.05) is 42.5 Å². The van der Waals surface area contributed by atoms with Crippen molar-refractivity contribution in [1.29, 1.82) is 0 Å². The molecule has 2 amide bonds. The number of halogens is 1. The Morgan fingerprint density at radius 3 is 2.39 bits per heavy atom. The molecule has 3 aromatic carbocycles. The molecule has 144 valence electrons. The molecule has 0 aromatic heterocycles. The summed E-state index contributed by atoms with van der Waals surface area (Å²) >= 11 is 0. The summed E-state index contributed by atoms with van der Waals surface area (Å²) in [7, 11) is 1.71. The number of benzene rings is 3. The van der Waals surface area contributed by atoms with E-state index in [0.29, 0.717) is 5.69 Å². The van der Waals surface area contributed by atoms with Crippen LogP contribution in [0.2, 0.25) is 0 Å². The van der Waals surface area contributed by atoms with E-state index < -0.39 is 6.04 Å². The Kier molecular flexibility index (Phi) is 6.01. The number of amides is 2. The third kappa shape index (κ3) is 4.72. The molecule has 3 rings (SSSR count). The largest absolute Gasteiger partial charge is 0.325 e. The first kappa shape index (κ1) is 19.5. The van der Waals surface area contributed by atoms with Crippen LogP contribution in [0.15, 0.2) is 66.7 Å². The third-order valence-corrected chi connectivity index (χ3v) is 4.61. The van der Waals surface area contributed by atoms with Gasteiger partial charge in [0.2, 0.25) is 11.8 Å². The van der Waals surface area contributed by atoms with Crippen LogP contribution in [0.4, 0.5) is 15.8 Å². The second kappa shape index (κ2) is 8.63. The zero-order valence-electron chi connectivity index (χ0n) is 15.8. The summed E-state index contributed by atoms with van der Waals surface area (Å²) in [6.45, 7) is 1.77. The van der Waals surface area contributed by atoms with Crippen LogP contribution < -0.4 is 10.6 Å². The molecule has 0 saturated carbocycles. The molecule has 0 aliphatic heterocycles. The maximum absolute atomic E-state index is 13.0. The molecule has 0 unspecified atom stereocenters. The number of carbonyl (C=O) groups excluding carboxylic acids is 2. The van der Waals surface area contributed by atoms with Crippen LogP contribution in [0.3, 0.4) is 0 Å². The molecule has 0 aliphatic carbocycles. The van der Waals surface area contributed by atoms with Crippen molar-refractivity contribution < 1.29 is 14.0 Å². The van der Waals surface area contributed by atoms with Crippen molar-refractivity contribution in [2.45, 2.75) is 13.0 Å². The number of likely N-dealkylation sites (N-methyl/N-ethyl adjacent to an activating group) is 1. The average Bonchev–Trinajstić information content (AvgIpc) is 2.69. The maximum Gasteiger partial charge on any atom is 0.241 e. The molecule has 0 aliphatic rings. The van der Waals surface area contributed by atoms with Gasteiger partial charge >= 0.3 is 0 Å². The van der Waals surface area contributed by atoms with Crippen LogP contribution in [0.5, 0.6) is 0 Å². The van der Waals surface area contributed by atoms with E-state index in [1.165, 1.54) is 24.3 Å². The topological polar surface area (TPSA) is 61.4 Å². The van der Waals surface area contributed by atoms with E-state index in [9.17, 15) is 14.0 Å². The summed E-state index contributed by atoms with van der Waals surface area (Å²) in [6.07, 6.45) is 0.